The van der Waals surface area contributed by atoms with Gasteiger partial charge in [-0.3, -0.25) is 0 Å². The van der Waals surface area contributed by atoms with Crippen LogP contribution >= 0.6 is 11.3 Å². The highest BCUT2D eigenvalue weighted by Gasteiger charge is 2.42. The van der Waals surface area contributed by atoms with E-state index in [0.29, 0.717) is 0 Å². The van der Waals surface area contributed by atoms with Gasteiger partial charge in [0, 0.05) is 35.8 Å². The van der Waals surface area contributed by atoms with Crippen molar-refractivity contribution in [2.45, 2.75) is 51.0 Å². The molecule has 0 bridgehead atoms. The summed E-state index contributed by atoms with van der Waals surface area (Å²) in [6.07, 6.45) is 7.63. The summed E-state index contributed by atoms with van der Waals surface area (Å²) in [7, 11) is 0. The van der Waals surface area contributed by atoms with Crippen LogP contribution in [0.5, 0.6) is 0 Å². The van der Waals surface area contributed by atoms with Crippen LogP contribution in [0.15, 0.2) is 6.07 Å². The first kappa shape index (κ1) is 13.3. The fourth-order valence-corrected chi connectivity index (χ4v) is 5.00. The summed E-state index contributed by atoms with van der Waals surface area (Å²) in [5, 5.41) is 0. The Morgan fingerprint density at radius 2 is 2.15 bits per heavy atom. The molecule has 2 fully saturated rings. The van der Waals surface area contributed by atoms with Crippen molar-refractivity contribution in [2.24, 2.45) is 5.92 Å². The Hall–Kier alpha value is -0.380. The largest absolute Gasteiger partial charge is 0.370 e. The molecule has 0 aromatic carbocycles. The lowest BCUT2D eigenvalue weighted by molar-refractivity contribution is -0.0974. The predicted octanol–water partition coefficient (Wildman–Crippen LogP) is 3.58. The van der Waals surface area contributed by atoms with Crippen LogP contribution < -0.4 is 0 Å². The van der Waals surface area contributed by atoms with E-state index in [0.717, 1.165) is 18.9 Å². The number of hydrogen-bond donors (Lipinski definition) is 0. The minimum Gasteiger partial charge on any atom is -0.370 e. The van der Waals surface area contributed by atoms with Crippen LogP contribution in [-0.4, -0.2) is 31.1 Å². The summed E-state index contributed by atoms with van der Waals surface area (Å²) in [5.74, 6) is 1.01. The lowest BCUT2D eigenvalue weighted by Gasteiger charge is -2.44. The maximum absolute atomic E-state index is 6.34. The molecule has 0 N–H and O–H groups in total. The van der Waals surface area contributed by atoms with Gasteiger partial charge in [0.1, 0.15) is 0 Å². The van der Waals surface area contributed by atoms with Crippen LogP contribution in [0.1, 0.15) is 47.9 Å². The maximum Gasteiger partial charge on any atom is 0.0966 e. The van der Waals surface area contributed by atoms with Crippen LogP contribution in [0.25, 0.3) is 0 Å². The van der Waals surface area contributed by atoms with Gasteiger partial charge in [0.05, 0.1) is 12.2 Å². The number of thiophene rings is 1. The summed E-state index contributed by atoms with van der Waals surface area (Å²) in [4.78, 5) is 5.83. The van der Waals surface area contributed by atoms with Gasteiger partial charge in [-0.1, -0.05) is 6.92 Å². The van der Waals surface area contributed by atoms with Crippen LogP contribution in [0.2, 0.25) is 0 Å². The quantitative estimate of drug-likeness (QED) is 0.844. The Balaban J connectivity index is 1.52. The zero-order chi connectivity index (χ0) is 13.6. The molecule has 1 saturated carbocycles. The zero-order valence-corrected chi connectivity index (χ0v) is 13.3. The number of rotatable bonds is 3. The second-order valence-electron chi connectivity index (χ2n) is 6.74. The topological polar surface area (TPSA) is 12.5 Å². The minimum atomic E-state index is 0.0670. The summed E-state index contributed by atoms with van der Waals surface area (Å²) in [5.41, 5.74) is 1.62. The van der Waals surface area contributed by atoms with E-state index in [1.807, 2.05) is 11.3 Å². The molecule has 3 heterocycles. The van der Waals surface area contributed by atoms with Gasteiger partial charge in [0.15, 0.2) is 0 Å². The highest BCUT2D eigenvalue weighted by molar-refractivity contribution is 7.12. The van der Waals surface area contributed by atoms with Gasteiger partial charge in [0.2, 0.25) is 0 Å². The first-order chi connectivity index (χ1) is 9.79. The van der Waals surface area contributed by atoms with E-state index >= 15 is 0 Å². The molecule has 0 amide bonds. The van der Waals surface area contributed by atoms with Crippen LogP contribution in [0.4, 0.5) is 0 Å². The maximum atomic E-state index is 6.34. The number of aryl methyl sites for hydroxylation is 1. The van der Waals surface area contributed by atoms with E-state index < -0.39 is 0 Å². The smallest absolute Gasteiger partial charge is 0.0966 e. The molecule has 110 valence electrons. The lowest BCUT2D eigenvalue weighted by Crippen LogP contribution is -2.46. The molecule has 4 rings (SSSR count). The fraction of sp³-hybridized carbons (Fsp3) is 0.765. The second kappa shape index (κ2) is 5.11. The third-order valence-electron chi connectivity index (χ3n) is 5.28. The Morgan fingerprint density at radius 1 is 1.35 bits per heavy atom. The lowest BCUT2D eigenvalue weighted by atomic mass is 9.82. The number of hydrogen-bond acceptors (Lipinski definition) is 3. The SMILES string of the molecule is CCc1cc2c(s1)CCOC21CCN(CC2CC2)CC1. The normalized spacial score (nSPS) is 25.9. The van der Waals surface area contributed by atoms with Crippen molar-refractivity contribution < 1.29 is 4.74 Å². The molecule has 1 aliphatic carbocycles. The average Bonchev–Trinajstić information content (AvgIpc) is 3.17. The summed E-state index contributed by atoms with van der Waals surface area (Å²) in [6, 6.07) is 2.45. The Kier molecular flexibility index (Phi) is 3.40. The van der Waals surface area contributed by atoms with E-state index in [4.69, 9.17) is 4.74 Å². The molecule has 20 heavy (non-hydrogen) atoms. The van der Waals surface area contributed by atoms with E-state index in [2.05, 4.69) is 17.9 Å². The molecule has 1 spiro atoms. The average molecular weight is 291 g/mol. The third-order valence-corrected chi connectivity index (χ3v) is 6.62. The first-order valence-electron chi connectivity index (χ1n) is 8.27. The number of nitrogens with zero attached hydrogens (tertiary/aromatic N) is 1. The standard InChI is InChI=1S/C17H25NOS/c1-2-14-11-15-16(20-14)5-10-19-17(15)6-8-18(9-7-17)12-13-3-4-13/h11,13H,2-10,12H2,1H3. The van der Waals surface area contributed by atoms with Gasteiger partial charge in [-0.05, 0) is 49.7 Å². The van der Waals surface area contributed by atoms with Crippen molar-refractivity contribution in [2.75, 3.05) is 26.2 Å². The highest BCUT2D eigenvalue weighted by atomic mass is 32.1. The Labute approximate surface area is 126 Å². The highest BCUT2D eigenvalue weighted by Crippen LogP contribution is 2.45. The van der Waals surface area contributed by atoms with Gasteiger partial charge >= 0.3 is 0 Å². The molecule has 1 aromatic rings. The predicted molar refractivity (Wildman–Crippen MR) is 83.4 cm³/mol. The van der Waals surface area contributed by atoms with Crippen LogP contribution in [0, 0.1) is 5.92 Å². The van der Waals surface area contributed by atoms with Crippen LogP contribution in [-0.2, 0) is 23.2 Å². The van der Waals surface area contributed by atoms with Crippen molar-refractivity contribution in [3.05, 3.63) is 21.4 Å². The van der Waals surface area contributed by atoms with Gasteiger partial charge in [-0.2, -0.15) is 0 Å². The molecule has 0 radical (unpaired) electrons. The Bertz CT molecular complexity index is 483. The van der Waals surface area contributed by atoms with E-state index in [9.17, 15) is 0 Å². The van der Waals surface area contributed by atoms with Crippen molar-refractivity contribution in [3.8, 4) is 0 Å². The number of likely N-dealkylation sites (tertiary alicyclic amines) is 1. The molecule has 3 heteroatoms. The molecule has 0 unspecified atom stereocenters. The molecule has 3 aliphatic rings. The molecule has 2 aliphatic heterocycles. The monoisotopic (exact) mass is 291 g/mol. The number of piperidine rings is 1. The second-order valence-corrected chi connectivity index (χ2v) is 7.96. The van der Waals surface area contributed by atoms with E-state index in [-0.39, 0.29) is 5.60 Å². The van der Waals surface area contributed by atoms with Crippen molar-refractivity contribution >= 4 is 11.3 Å². The van der Waals surface area contributed by atoms with E-state index in [1.54, 1.807) is 15.3 Å². The molecule has 0 atom stereocenters. The summed E-state index contributed by atoms with van der Waals surface area (Å²) >= 11 is 2.03. The first-order valence-corrected chi connectivity index (χ1v) is 9.09. The van der Waals surface area contributed by atoms with Crippen LogP contribution in [0.3, 0.4) is 0 Å². The fourth-order valence-electron chi connectivity index (χ4n) is 3.82. The van der Waals surface area contributed by atoms with Crippen molar-refractivity contribution in [1.29, 1.82) is 0 Å². The van der Waals surface area contributed by atoms with Crippen molar-refractivity contribution in [1.82, 2.24) is 4.90 Å². The molecule has 1 saturated heterocycles. The van der Waals surface area contributed by atoms with Gasteiger partial charge in [-0.15, -0.1) is 11.3 Å². The molecular formula is C17H25NOS. The van der Waals surface area contributed by atoms with Gasteiger partial charge < -0.3 is 9.64 Å². The summed E-state index contributed by atoms with van der Waals surface area (Å²) in [6.45, 7) is 7.00. The van der Waals surface area contributed by atoms with Gasteiger partial charge in [0.25, 0.3) is 0 Å². The minimum absolute atomic E-state index is 0.0670. The number of ether oxygens (including phenoxy) is 1. The molecular weight excluding hydrogens is 266 g/mol. The molecule has 1 aromatic heterocycles. The summed E-state index contributed by atoms with van der Waals surface area (Å²) < 4.78 is 6.34. The van der Waals surface area contributed by atoms with E-state index in [1.165, 1.54) is 51.7 Å². The van der Waals surface area contributed by atoms with Crippen molar-refractivity contribution in [3.63, 3.8) is 0 Å². The number of fused-ring (bicyclic) bond motifs is 2. The van der Waals surface area contributed by atoms with Gasteiger partial charge in [-0.25, -0.2) is 0 Å². The zero-order valence-electron chi connectivity index (χ0n) is 12.5. The molecule has 2 nitrogen and oxygen atoms in total. The third kappa shape index (κ3) is 2.34. The Morgan fingerprint density at radius 3 is 2.85 bits per heavy atom.